The van der Waals surface area contributed by atoms with Crippen molar-refractivity contribution in [2.24, 2.45) is 0 Å². The number of aromatic nitrogens is 2. The number of benzene rings is 1. The Bertz CT molecular complexity index is 748. The zero-order valence-corrected chi connectivity index (χ0v) is 16.9. The molecular formula is C19H25N3O5S. The van der Waals surface area contributed by atoms with E-state index in [-0.39, 0.29) is 17.6 Å². The molecule has 1 aromatic carbocycles. The number of hydrogen-bond donors (Lipinski definition) is 1. The Morgan fingerprint density at radius 3 is 2.54 bits per heavy atom. The molecule has 0 unspecified atom stereocenters. The number of hydrogen-bond acceptors (Lipinski definition) is 8. The molecule has 0 aliphatic rings. The number of nitrogens with zero attached hydrogens (tertiary/aromatic N) is 2. The molecule has 0 saturated carbocycles. The summed E-state index contributed by atoms with van der Waals surface area (Å²) in [5.74, 6) is 1.10. The summed E-state index contributed by atoms with van der Waals surface area (Å²) >= 11 is 1.20. The van der Waals surface area contributed by atoms with Gasteiger partial charge in [0.2, 0.25) is 11.8 Å². The van der Waals surface area contributed by atoms with Crippen molar-refractivity contribution in [3.63, 3.8) is 0 Å². The minimum absolute atomic E-state index is 0.0799. The van der Waals surface area contributed by atoms with E-state index in [1.54, 1.807) is 7.11 Å². The molecular weight excluding hydrogens is 382 g/mol. The highest BCUT2D eigenvalue weighted by Gasteiger charge is 2.11. The molecule has 2 rings (SSSR count). The number of carbonyl (C=O) groups excluding carboxylic acids is 2. The second-order valence-electron chi connectivity index (χ2n) is 5.98. The number of esters is 1. The van der Waals surface area contributed by atoms with E-state index in [0.717, 1.165) is 37.0 Å². The average molecular weight is 407 g/mol. The lowest BCUT2D eigenvalue weighted by Crippen LogP contribution is -2.26. The first-order chi connectivity index (χ1) is 13.6. The highest BCUT2D eigenvalue weighted by atomic mass is 32.2. The van der Waals surface area contributed by atoms with Crippen LogP contribution >= 0.6 is 11.8 Å². The van der Waals surface area contributed by atoms with Crippen molar-refractivity contribution in [3.05, 3.63) is 24.3 Å². The molecule has 1 aromatic heterocycles. The number of rotatable bonds is 12. The van der Waals surface area contributed by atoms with Crippen molar-refractivity contribution in [2.75, 3.05) is 26.5 Å². The van der Waals surface area contributed by atoms with Gasteiger partial charge >= 0.3 is 5.97 Å². The van der Waals surface area contributed by atoms with Crippen LogP contribution < -0.4 is 10.1 Å². The monoisotopic (exact) mass is 407 g/mol. The Morgan fingerprint density at radius 1 is 1.07 bits per heavy atom. The quantitative estimate of drug-likeness (QED) is 0.325. The third-order valence-electron chi connectivity index (χ3n) is 3.93. The number of carbonyl (C=O) groups is 2. The van der Waals surface area contributed by atoms with Gasteiger partial charge in [-0.15, -0.1) is 10.2 Å². The normalized spacial score (nSPS) is 10.5. The van der Waals surface area contributed by atoms with E-state index in [1.165, 1.54) is 18.9 Å². The molecule has 152 valence electrons. The van der Waals surface area contributed by atoms with E-state index >= 15 is 0 Å². The van der Waals surface area contributed by atoms with Crippen LogP contribution in [0.5, 0.6) is 5.75 Å². The fourth-order valence-electron chi connectivity index (χ4n) is 2.37. The summed E-state index contributed by atoms with van der Waals surface area (Å²) in [6.07, 6.45) is 4.03. The van der Waals surface area contributed by atoms with Gasteiger partial charge in [-0.25, -0.2) is 0 Å². The van der Waals surface area contributed by atoms with Gasteiger partial charge in [-0.2, -0.15) is 0 Å². The van der Waals surface area contributed by atoms with Crippen molar-refractivity contribution in [3.8, 4) is 17.2 Å². The predicted molar refractivity (Wildman–Crippen MR) is 105 cm³/mol. The van der Waals surface area contributed by atoms with E-state index in [2.05, 4.69) is 20.3 Å². The van der Waals surface area contributed by atoms with Crippen LogP contribution in [0.15, 0.2) is 33.9 Å². The smallest absolute Gasteiger partial charge is 0.305 e. The molecule has 2 aromatic rings. The summed E-state index contributed by atoms with van der Waals surface area (Å²) in [7, 11) is 3.00. The Kier molecular flexibility index (Phi) is 9.33. The Hall–Kier alpha value is -2.55. The number of amides is 1. The molecule has 1 amide bonds. The molecule has 1 heterocycles. The van der Waals surface area contributed by atoms with Crippen molar-refractivity contribution < 1.29 is 23.5 Å². The molecule has 0 spiro atoms. The third-order valence-corrected chi connectivity index (χ3v) is 4.75. The Morgan fingerprint density at radius 2 is 1.82 bits per heavy atom. The zero-order chi connectivity index (χ0) is 20.2. The van der Waals surface area contributed by atoms with Crippen LogP contribution in [0.25, 0.3) is 11.5 Å². The van der Waals surface area contributed by atoms with Crippen LogP contribution in [0.2, 0.25) is 0 Å². The van der Waals surface area contributed by atoms with Crippen LogP contribution in [0.3, 0.4) is 0 Å². The molecule has 0 saturated heterocycles. The van der Waals surface area contributed by atoms with Gasteiger partial charge in [0.05, 0.1) is 20.0 Å². The van der Waals surface area contributed by atoms with Crippen LogP contribution in [-0.4, -0.2) is 48.6 Å². The van der Waals surface area contributed by atoms with Gasteiger partial charge in [0.25, 0.3) is 5.22 Å². The first-order valence-corrected chi connectivity index (χ1v) is 10.0. The Balaban J connectivity index is 1.61. The molecule has 8 nitrogen and oxygen atoms in total. The zero-order valence-electron chi connectivity index (χ0n) is 16.1. The second kappa shape index (κ2) is 12.0. The summed E-state index contributed by atoms with van der Waals surface area (Å²) in [6.45, 7) is 0.610. The average Bonchev–Trinajstić information content (AvgIpc) is 3.20. The summed E-state index contributed by atoms with van der Waals surface area (Å²) in [4.78, 5) is 22.9. The number of nitrogens with one attached hydrogen (secondary N) is 1. The number of methoxy groups -OCH3 is 2. The second-order valence-corrected chi connectivity index (χ2v) is 6.91. The van der Waals surface area contributed by atoms with E-state index in [1.807, 2.05) is 24.3 Å². The fraction of sp³-hybridized carbons (Fsp3) is 0.474. The molecule has 0 bridgehead atoms. The molecule has 28 heavy (non-hydrogen) atoms. The first-order valence-electron chi connectivity index (χ1n) is 9.06. The van der Waals surface area contributed by atoms with Crippen LogP contribution in [0.4, 0.5) is 0 Å². The lowest BCUT2D eigenvalue weighted by molar-refractivity contribution is -0.140. The number of unbranched alkanes of at least 4 members (excludes halogenated alkanes) is 3. The maximum atomic E-state index is 11.9. The maximum absolute atomic E-state index is 11.9. The molecule has 9 heteroatoms. The van der Waals surface area contributed by atoms with Crippen molar-refractivity contribution >= 4 is 23.6 Å². The standard InChI is InChI=1S/C19H25N3O5S/c1-25-15-10-8-14(9-11-15)18-21-22-19(27-18)28-13-16(23)20-12-6-4-3-5-7-17(24)26-2/h8-11H,3-7,12-13H2,1-2H3,(H,20,23). The van der Waals surface area contributed by atoms with Gasteiger partial charge in [-0.3, -0.25) is 9.59 Å². The summed E-state index contributed by atoms with van der Waals surface area (Å²) in [5.41, 5.74) is 0.789. The molecule has 0 atom stereocenters. The lowest BCUT2D eigenvalue weighted by atomic mass is 10.1. The van der Waals surface area contributed by atoms with E-state index in [4.69, 9.17) is 9.15 Å². The maximum Gasteiger partial charge on any atom is 0.305 e. The van der Waals surface area contributed by atoms with Crippen LogP contribution in [0.1, 0.15) is 32.1 Å². The number of thioether (sulfide) groups is 1. The van der Waals surface area contributed by atoms with Gasteiger partial charge in [0, 0.05) is 18.5 Å². The van der Waals surface area contributed by atoms with Gasteiger partial charge in [0.15, 0.2) is 0 Å². The van der Waals surface area contributed by atoms with Crippen molar-refractivity contribution in [2.45, 2.75) is 37.3 Å². The molecule has 1 N–H and O–H groups in total. The third kappa shape index (κ3) is 7.59. The van der Waals surface area contributed by atoms with Crippen molar-refractivity contribution in [1.29, 1.82) is 0 Å². The molecule has 0 aliphatic heterocycles. The van der Waals surface area contributed by atoms with E-state index in [9.17, 15) is 9.59 Å². The lowest BCUT2D eigenvalue weighted by Gasteiger charge is -2.04. The van der Waals surface area contributed by atoms with Gasteiger partial charge in [-0.05, 0) is 37.1 Å². The fourth-order valence-corrected chi connectivity index (χ4v) is 2.97. The molecule has 0 radical (unpaired) electrons. The van der Waals surface area contributed by atoms with Gasteiger partial charge in [-0.1, -0.05) is 24.6 Å². The van der Waals surface area contributed by atoms with Crippen LogP contribution in [-0.2, 0) is 14.3 Å². The van der Waals surface area contributed by atoms with E-state index < -0.39 is 0 Å². The topological polar surface area (TPSA) is 104 Å². The predicted octanol–water partition coefficient (Wildman–Crippen LogP) is 3.08. The largest absolute Gasteiger partial charge is 0.497 e. The first kappa shape index (κ1) is 21.7. The summed E-state index contributed by atoms with van der Waals surface area (Å²) in [5, 5.41) is 11.2. The molecule has 0 aliphatic carbocycles. The summed E-state index contributed by atoms with van der Waals surface area (Å²) in [6, 6.07) is 7.29. The summed E-state index contributed by atoms with van der Waals surface area (Å²) < 4.78 is 15.3. The number of ether oxygens (including phenoxy) is 2. The minimum Gasteiger partial charge on any atom is -0.497 e. The Labute approximate surface area is 168 Å². The molecule has 0 fully saturated rings. The van der Waals surface area contributed by atoms with Gasteiger partial charge < -0.3 is 19.2 Å². The van der Waals surface area contributed by atoms with E-state index in [0.29, 0.717) is 24.1 Å². The van der Waals surface area contributed by atoms with Crippen molar-refractivity contribution in [1.82, 2.24) is 15.5 Å². The highest BCUT2D eigenvalue weighted by Crippen LogP contribution is 2.24. The minimum atomic E-state index is -0.179. The highest BCUT2D eigenvalue weighted by molar-refractivity contribution is 7.99. The van der Waals surface area contributed by atoms with Gasteiger partial charge in [0.1, 0.15) is 5.75 Å². The SMILES string of the molecule is COC(=O)CCCCCCNC(=O)CSc1nnc(-c2ccc(OC)cc2)o1. The van der Waals surface area contributed by atoms with Crippen LogP contribution in [0, 0.1) is 0 Å².